The third-order valence-electron chi connectivity index (χ3n) is 3.75. The van der Waals surface area contributed by atoms with Gasteiger partial charge in [0.2, 0.25) is 0 Å². The molecule has 136 valence electrons. The van der Waals surface area contributed by atoms with Crippen LogP contribution in [0.1, 0.15) is 10.4 Å². The zero-order chi connectivity index (χ0) is 18.8. The van der Waals surface area contributed by atoms with E-state index in [4.69, 9.17) is 0 Å². The second kappa shape index (κ2) is 7.43. The summed E-state index contributed by atoms with van der Waals surface area (Å²) in [6, 6.07) is 6.97. The number of carbonyl (C=O) groups is 1. The van der Waals surface area contributed by atoms with E-state index in [2.05, 4.69) is 4.98 Å². The van der Waals surface area contributed by atoms with Gasteiger partial charge in [-0.05, 0) is 44.4 Å². The predicted molar refractivity (Wildman–Crippen MR) is 96.2 cm³/mol. The normalized spacial score (nSPS) is 11.3. The molecule has 0 unspecified atom stereocenters. The molecule has 4 nitrogen and oxygen atoms in total. The number of likely N-dealkylation sites (N-methyl/N-ethyl adjacent to an activating group) is 1. The summed E-state index contributed by atoms with van der Waals surface area (Å²) in [5.41, 5.74) is 0.309. The molecule has 0 aliphatic rings. The van der Waals surface area contributed by atoms with Crippen LogP contribution in [0.2, 0.25) is 0 Å². The smallest absolute Gasteiger partial charge is 0.263 e. The van der Waals surface area contributed by atoms with Crippen molar-refractivity contribution in [3.8, 4) is 0 Å². The molecule has 0 saturated heterocycles. The number of aromatic nitrogens is 1. The quantitative estimate of drug-likeness (QED) is 0.674. The summed E-state index contributed by atoms with van der Waals surface area (Å²) in [4.78, 5) is 20.4. The first kappa shape index (κ1) is 18.3. The Hall–Kier alpha value is -2.45. The Morgan fingerprint density at radius 1 is 1.04 bits per heavy atom. The van der Waals surface area contributed by atoms with Gasteiger partial charge in [-0.2, -0.15) is 0 Å². The van der Waals surface area contributed by atoms with Crippen molar-refractivity contribution in [1.82, 2.24) is 9.88 Å². The second-order valence-electron chi connectivity index (χ2n) is 5.99. The molecule has 0 saturated carbocycles. The first-order valence-electron chi connectivity index (χ1n) is 7.83. The van der Waals surface area contributed by atoms with Crippen LogP contribution in [0.15, 0.2) is 36.4 Å². The number of carbonyl (C=O) groups excluding carboxylic acids is 1. The Morgan fingerprint density at radius 2 is 1.73 bits per heavy atom. The van der Waals surface area contributed by atoms with E-state index in [1.807, 2.05) is 19.0 Å². The molecular weight excluding hydrogens is 363 g/mol. The summed E-state index contributed by atoms with van der Waals surface area (Å²) in [7, 11) is 3.68. The highest BCUT2D eigenvalue weighted by molar-refractivity contribution is 7.22. The maximum atomic E-state index is 14.1. The average Bonchev–Trinajstić information content (AvgIpc) is 2.97. The number of amides is 1. The minimum Gasteiger partial charge on any atom is -0.308 e. The van der Waals surface area contributed by atoms with Crippen LogP contribution in [0.5, 0.6) is 0 Å². The van der Waals surface area contributed by atoms with Gasteiger partial charge in [-0.3, -0.25) is 9.69 Å². The molecule has 0 radical (unpaired) electrons. The van der Waals surface area contributed by atoms with E-state index >= 15 is 0 Å². The summed E-state index contributed by atoms with van der Waals surface area (Å²) in [6.45, 7) is 0.768. The van der Waals surface area contributed by atoms with Crippen LogP contribution in [0.25, 0.3) is 10.2 Å². The highest BCUT2D eigenvalue weighted by atomic mass is 32.1. The number of thiazole rings is 1. The molecule has 0 atom stereocenters. The Kier molecular flexibility index (Phi) is 5.24. The van der Waals surface area contributed by atoms with Gasteiger partial charge in [-0.15, -0.1) is 0 Å². The van der Waals surface area contributed by atoms with E-state index in [1.165, 1.54) is 23.1 Å². The average molecular weight is 379 g/mol. The number of anilines is 1. The van der Waals surface area contributed by atoms with Crippen molar-refractivity contribution in [2.45, 2.75) is 0 Å². The van der Waals surface area contributed by atoms with Crippen molar-refractivity contribution in [2.75, 3.05) is 32.1 Å². The fourth-order valence-corrected chi connectivity index (χ4v) is 3.41. The van der Waals surface area contributed by atoms with Crippen LogP contribution in [0.3, 0.4) is 0 Å². The number of halogens is 3. The van der Waals surface area contributed by atoms with E-state index in [0.29, 0.717) is 28.0 Å². The highest BCUT2D eigenvalue weighted by Gasteiger charge is 2.24. The number of rotatable bonds is 5. The first-order valence-corrected chi connectivity index (χ1v) is 8.64. The SMILES string of the molecule is CN(C)CCN(C(=O)c1ccc(F)cc1F)c1nc2ccc(F)cc2s1. The zero-order valence-corrected chi connectivity index (χ0v) is 15.0. The highest BCUT2D eigenvalue weighted by Crippen LogP contribution is 2.30. The molecule has 8 heteroatoms. The van der Waals surface area contributed by atoms with Gasteiger partial charge in [-0.1, -0.05) is 11.3 Å². The Morgan fingerprint density at radius 3 is 2.42 bits per heavy atom. The van der Waals surface area contributed by atoms with Gasteiger partial charge in [0.05, 0.1) is 15.8 Å². The van der Waals surface area contributed by atoms with Gasteiger partial charge in [0.25, 0.3) is 5.91 Å². The molecule has 3 rings (SSSR count). The molecule has 0 fully saturated rings. The Bertz CT molecular complexity index is 958. The summed E-state index contributed by atoms with van der Waals surface area (Å²) < 4.78 is 41.2. The first-order chi connectivity index (χ1) is 12.3. The van der Waals surface area contributed by atoms with Crippen molar-refractivity contribution >= 4 is 32.6 Å². The lowest BCUT2D eigenvalue weighted by molar-refractivity contribution is 0.0981. The predicted octanol–water partition coefficient (Wildman–Crippen LogP) is 3.92. The number of hydrogen-bond acceptors (Lipinski definition) is 4. The van der Waals surface area contributed by atoms with Crippen LogP contribution in [-0.2, 0) is 0 Å². The summed E-state index contributed by atoms with van der Waals surface area (Å²) in [5.74, 6) is -2.71. The molecule has 0 bridgehead atoms. The molecule has 0 N–H and O–H groups in total. The van der Waals surface area contributed by atoms with Crippen LogP contribution >= 0.6 is 11.3 Å². The van der Waals surface area contributed by atoms with Crippen molar-refractivity contribution in [1.29, 1.82) is 0 Å². The van der Waals surface area contributed by atoms with Crippen LogP contribution in [0, 0.1) is 17.5 Å². The van der Waals surface area contributed by atoms with Crippen LogP contribution < -0.4 is 4.90 Å². The fraction of sp³-hybridized carbons (Fsp3) is 0.222. The molecule has 0 aliphatic heterocycles. The number of hydrogen-bond donors (Lipinski definition) is 0. The van der Waals surface area contributed by atoms with Crippen LogP contribution in [-0.4, -0.2) is 43.0 Å². The second-order valence-corrected chi connectivity index (χ2v) is 7.00. The third-order valence-corrected chi connectivity index (χ3v) is 4.79. The van der Waals surface area contributed by atoms with Crippen molar-refractivity contribution in [3.63, 3.8) is 0 Å². The molecule has 0 spiro atoms. The molecular formula is C18H16F3N3OS. The number of fused-ring (bicyclic) bond motifs is 1. The van der Waals surface area contributed by atoms with E-state index in [-0.39, 0.29) is 12.1 Å². The van der Waals surface area contributed by atoms with E-state index in [0.717, 1.165) is 23.5 Å². The van der Waals surface area contributed by atoms with Crippen molar-refractivity contribution in [3.05, 3.63) is 59.4 Å². The molecule has 1 heterocycles. The largest absolute Gasteiger partial charge is 0.308 e. The van der Waals surface area contributed by atoms with E-state index in [1.54, 1.807) is 0 Å². The van der Waals surface area contributed by atoms with Gasteiger partial charge in [0, 0.05) is 19.2 Å². The van der Waals surface area contributed by atoms with Gasteiger partial charge >= 0.3 is 0 Å². The maximum absolute atomic E-state index is 14.1. The topological polar surface area (TPSA) is 36.4 Å². The lowest BCUT2D eigenvalue weighted by Crippen LogP contribution is -2.37. The van der Waals surface area contributed by atoms with Crippen molar-refractivity contribution < 1.29 is 18.0 Å². The van der Waals surface area contributed by atoms with Crippen molar-refractivity contribution in [2.24, 2.45) is 0 Å². The monoisotopic (exact) mass is 379 g/mol. The minimum absolute atomic E-state index is 0.240. The molecule has 3 aromatic rings. The summed E-state index contributed by atoms with van der Waals surface area (Å²) >= 11 is 1.14. The van der Waals surface area contributed by atoms with Gasteiger partial charge < -0.3 is 4.90 Å². The minimum atomic E-state index is -0.933. The Labute approximate surface area is 152 Å². The molecule has 0 aliphatic carbocycles. The number of nitrogens with zero attached hydrogens (tertiary/aromatic N) is 3. The standard InChI is InChI=1S/C18H16F3N3OS/c1-23(2)7-8-24(17(25)13-5-3-11(19)9-14(13)21)18-22-15-6-4-12(20)10-16(15)26-18/h3-6,9-10H,7-8H2,1-2H3. The molecule has 1 amide bonds. The maximum Gasteiger partial charge on any atom is 0.263 e. The van der Waals surface area contributed by atoms with Gasteiger partial charge in [0.15, 0.2) is 5.13 Å². The zero-order valence-electron chi connectivity index (χ0n) is 14.2. The van der Waals surface area contributed by atoms with E-state index in [9.17, 15) is 18.0 Å². The Balaban J connectivity index is 2.01. The lowest BCUT2D eigenvalue weighted by atomic mass is 10.2. The number of benzene rings is 2. The van der Waals surface area contributed by atoms with Gasteiger partial charge in [-0.25, -0.2) is 18.2 Å². The fourth-order valence-electron chi connectivity index (χ4n) is 2.39. The molecule has 26 heavy (non-hydrogen) atoms. The van der Waals surface area contributed by atoms with Crippen LogP contribution in [0.4, 0.5) is 18.3 Å². The summed E-state index contributed by atoms with van der Waals surface area (Å²) in [5, 5.41) is 0.334. The van der Waals surface area contributed by atoms with Gasteiger partial charge in [0.1, 0.15) is 17.5 Å². The molecule has 1 aromatic heterocycles. The lowest BCUT2D eigenvalue weighted by Gasteiger charge is -2.22. The summed E-state index contributed by atoms with van der Waals surface area (Å²) in [6.07, 6.45) is 0. The van der Waals surface area contributed by atoms with E-state index < -0.39 is 23.4 Å². The third kappa shape index (κ3) is 3.86. The molecule has 2 aromatic carbocycles.